The third-order valence-corrected chi connectivity index (χ3v) is 4.89. The second kappa shape index (κ2) is 9.51. The van der Waals surface area contributed by atoms with Crippen LogP contribution in [0.5, 0.6) is 11.5 Å². The van der Waals surface area contributed by atoms with Crippen LogP contribution in [0.15, 0.2) is 36.4 Å². The molecule has 0 saturated heterocycles. The summed E-state index contributed by atoms with van der Waals surface area (Å²) in [5.41, 5.74) is 3.38. The van der Waals surface area contributed by atoms with Gasteiger partial charge >= 0.3 is 6.09 Å². The quantitative estimate of drug-likeness (QED) is 0.602. The number of nitrogens with zero attached hydrogens (tertiary/aromatic N) is 1. The van der Waals surface area contributed by atoms with Gasteiger partial charge in [0.05, 0.1) is 5.52 Å². The molecule has 7 nitrogen and oxygen atoms in total. The summed E-state index contributed by atoms with van der Waals surface area (Å²) in [5.74, 6) is 0.327. The minimum Gasteiger partial charge on any atom is -0.484 e. The topological polar surface area (TPSA) is 83.7 Å². The fourth-order valence-electron chi connectivity index (χ4n) is 3.28. The first-order valence-corrected chi connectivity index (χ1v) is 9.91. The fraction of sp³-hybridized carbons (Fsp3) is 0.304. The van der Waals surface area contributed by atoms with Crippen molar-refractivity contribution in [2.75, 3.05) is 27.2 Å². The van der Waals surface area contributed by atoms with Gasteiger partial charge in [-0.3, -0.25) is 4.79 Å². The molecule has 1 aromatic heterocycles. The Balaban J connectivity index is 1.49. The van der Waals surface area contributed by atoms with Crippen molar-refractivity contribution in [2.24, 2.45) is 0 Å². The van der Waals surface area contributed by atoms with Crippen molar-refractivity contribution in [1.29, 1.82) is 0 Å². The molecule has 0 aliphatic carbocycles. The zero-order chi connectivity index (χ0) is 22.5. The number of H-pyrrole nitrogens is 1. The second-order valence-corrected chi connectivity index (χ2v) is 7.47. The summed E-state index contributed by atoms with van der Waals surface area (Å²) < 4.78 is 24.6. The molecule has 0 spiro atoms. The van der Waals surface area contributed by atoms with Crippen LogP contribution in [0.2, 0.25) is 0 Å². The Morgan fingerprint density at radius 1 is 1.06 bits per heavy atom. The molecule has 0 atom stereocenters. The number of halogens is 1. The van der Waals surface area contributed by atoms with Gasteiger partial charge in [-0.05, 0) is 61.7 Å². The highest BCUT2D eigenvalue weighted by molar-refractivity contribution is 5.88. The van der Waals surface area contributed by atoms with Crippen molar-refractivity contribution < 1.29 is 23.5 Å². The van der Waals surface area contributed by atoms with Gasteiger partial charge in [-0.25, -0.2) is 9.18 Å². The lowest BCUT2D eigenvalue weighted by atomic mass is 10.0. The largest absolute Gasteiger partial charge is 0.484 e. The molecule has 8 heteroatoms. The number of hydrogen-bond donors (Lipinski definition) is 2. The van der Waals surface area contributed by atoms with E-state index in [2.05, 4.69) is 10.3 Å². The van der Waals surface area contributed by atoms with E-state index in [0.717, 1.165) is 22.2 Å². The average molecular weight is 427 g/mol. The van der Waals surface area contributed by atoms with Gasteiger partial charge in [-0.2, -0.15) is 0 Å². The number of carbonyl (C=O) groups excluding carboxylic acids is 2. The van der Waals surface area contributed by atoms with Gasteiger partial charge in [0.25, 0.3) is 5.91 Å². The molecule has 2 N–H and O–H groups in total. The molecule has 0 radical (unpaired) electrons. The third-order valence-electron chi connectivity index (χ3n) is 4.89. The Hall–Kier alpha value is -3.55. The molecule has 164 valence electrons. The molecule has 0 aliphatic heterocycles. The summed E-state index contributed by atoms with van der Waals surface area (Å²) in [4.78, 5) is 28.1. The van der Waals surface area contributed by atoms with Crippen molar-refractivity contribution in [3.63, 3.8) is 0 Å². The van der Waals surface area contributed by atoms with Crippen LogP contribution in [0.4, 0.5) is 9.18 Å². The van der Waals surface area contributed by atoms with E-state index < -0.39 is 6.09 Å². The maximum Gasteiger partial charge on any atom is 0.414 e. The number of amides is 2. The summed E-state index contributed by atoms with van der Waals surface area (Å²) in [7, 11) is 3.19. The average Bonchev–Trinajstić information content (AvgIpc) is 3.07. The van der Waals surface area contributed by atoms with Crippen LogP contribution >= 0.6 is 0 Å². The molecule has 31 heavy (non-hydrogen) atoms. The zero-order valence-corrected chi connectivity index (χ0v) is 18.0. The van der Waals surface area contributed by atoms with E-state index >= 15 is 0 Å². The number of nitrogens with one attached hydrogen (secondary N) is 2. The normalized spacial score (nSPS) is 10.7. The minimum atomic E-state index is -0.476. The van der Waals surface area contributed by atoms with Crippen molar-refractivity contribution in [3.05, 3.63) is 59.0 Å². The number of benzene rings is 2. The lowest BCUT2D eigenvalue weighted by Crippen LogP contribution is -2.30. The van der Waals surface area contributed by atoms with E-state index in [1.165, 1.54) is 11.0 Å². The number of fused-ring (bicyclic) bond motifs is 1. The van der Waals surface area contributed by atoms with Gasteiger partial charge in [0.15, 0.2) is 6.61 Å². The van der Waals surface area contributed by atoms with Gasteiger partial charge in [0, 0.05) is 31.7 Å². The zero-order valence-electron chi connectivity index (χ0n) is 18.0. The summed E-state index contributed by atoms with van der Waals surface area (Å²) in [5, 5.41) is 3.69. The fourth-order valence-corrected chi connectivity index (χ4v) is 3.28. The maximum absolute atomic E-state index is 14.0. The SMILES string of the molecule is Cc1[nH]c2c(F)ccc(C)c2c1CCNC(=O)COc1ccc(OC(=O)N(C)C)cc1. The number of hydrogen-bond acceptors (Lipinski definition) is 4. The van der Waals surface area contributed by atoms with Crippen molar-refractivity contribution in [3.8, 4) is 11.5 Å². The Bertz CT molecular complexity index is 1090. The molecule has 2 aromatic carbocycles. The molecule has 3 rings (SSSR count). The molecular weight excluding hydrogens is 401 g/mol. The highest BCUT2D eigenvalue weighted by atomic mass is 19.1. The molecule has 0 unspecified atom stereocenters. The Morgan fingerprint density at radius 3 is 2.42 bits per heavy atom. The Kier molecular flexibility index (Phi) is 6.79. The number of carbonyl (C=O) groups is 2. The molecular formula is C23H26FN3O4. The van der Waals surface area contributed by atoms with Crippen LogP contribution in [0.1, 0.15) is 16.8 Å². The molecule has 0 bridgehead atoms. The van der Waals surface area contributed by atoms with Gasteiger partial charge in [-0.1, -0.05) is 6.07 Å². The third kappa shape index (κ3) is 5.33. The summed E-state index contributed by atoms with van der Waals surface area (Å²) in [6, 6.07) is 9.64. The van der Waals surface area contributed by atoms with Crippen molar-refractivity contribution in [2.45, 2.75) is 20.3 Å². The molecule has 1 heterocycles. The van der Waals surface area contributed by atoms with Crippen molar-refractivity contribution >= 4 is 22.9 Å². The first-order chi connectivity index (χ1) is 14.8. The van der Waals surface area contributed by atoms with E-state index in [1.807, 2.05) is 13.8 Å². The van der Waals surface area contributed by atoms with Crippen LogP contribution in [-0.4, -0.2) is 49.1 Å². The van der Waals surface area contributed by atoms with Crippen molar-refractivity contribution in [1.82, 2.24) is 15.2 Å². The van der Waals surface area contributed by atoms with Crippen LogP contribution in [0, 0.1) is 19.7 Å². The minimum absolute atomic E-state index is 0.142. The molecule has 0 saturated carbocycles. The van der Waals surface area contributed by atoms with Crippen LogP contribution in [-0.2, 0) is 11.2 Å². The first-order valence-electron chi connectivity index (χ1n) is 9.91. The van der Waals surface area contributed by atoms with E-state index in [9.17, 15) is 14.0 Å². The Morgan fingerprint density at radius 2 is 1.74 bits per heavy atom. The number of aryl methyl sites for hydroxylation is 2. The van der Waals surface area contributed by atoms with E-state index in [-0.39, 0.29) is 18.3 Å². The highest BCUT2D eigenvalue weighted by Gasteiger charge is 2.14. The number of aromatic amines is 1. The second-order valence-electron chi connectivity index (χ2n) is 7.47. The van der Waals surface area contributed by atoms with E-state index in [0.29, 0.717) is 30.0 Å². The molecule has 0 aliphatic rings. The molecule has 3 aromatic rings. The predicted octanol–water partition coefficient (Wildman–Crippen LogP) is 3.72. The van der Waals surface area contributed by atoms with Crippen LogP contribution in [0.25, 0.3) is 10.9 Å². The Labute approximate surface area is 180 Å². The van der Waals surface area contributed by atoms with Gasteiger partial charge in [0.1, 0.15) is 17.3 Å². The summed E-state index contributed by atoms with van der Waals surface area (Å²) in [6.45, 7) is 4.11. The molecule has 0 fully saturated rings. The summed E-state index contributed by atoms with van der Waals surface area (Å²) >= 11 is 0. The summed E-state index contributed by atoms with van der Waals surface area (Å²) in [6.07, 6.45) is 0.102. The lowest BCUT2D eigenvalue weighted by molar-refractivity contribution is -0.123. The highest BCUT2D eigenvalue weighted by Crippen LogP contribution is 2.27. The van der Waals surface area contributed by atoms with E-state index in [4.69, 9.17) is 9.47 Å². The van der Waals surface area contributed by atoms with Gasteiger partial charge < -0.3 is 24.7 Å². The van der Waals surface area contributed by atoms with Crippen LogP contribution in [0.3, 0.4) is 0 Å². The van der Waals surface area contributed by atoms with Gasteiger partial charge in [0.2, 0.25) is 0 Å². The maximum atomic E-state index is 14.0. The number of rotatable bonds is 7. The lowest BCUT2D eigenvalue weighted by Gasteiger charge is -2.11. The monoisotopic (exact) mass is 427 g/mol. The smallest absolute Gasteiger partial charge is 0.414 e. The number of aromatic nitrogens is 1. The first kappa shape index (κ1) is 22.1. The predicted molar refractivity (Wildman–Crippen MR) is 116 cm³/mol. The standard InChI is InChI=1S/C23H26FN3O4/c1-14-5-10-19(24)22-21(14)18(15(2)26-22)11-12-25-20(28)13-30-16-6-8-17(9-7-16)31-23(29)27(3)4/h5-10,26H,11-13H2,1-4H3,(H,25,28). The van der Waals surface area contributed by atoms with E-state index in [1.54, 1.807) is 44.4 Å². The van der Waals surface area contributed by atoms with Crippen LogP contribution < -0.4 is 14.8 Å². The van der Waals surface area contributed by atoms with Gasteiger partial charge in [-0.15, -0.1) is 0 Å². The molecule has 2 amide bonds. The number of ether oxygens (including phenoxy) is 2.